The first kappa shape index (κ1) is 18.9. The van der Waals surface area contributed by atoms with Crippen LogP contribution in [-0.2, 0) is 13.6 Å². The number of ketones is 1. The number of nitro benzene ring substituents is 1. The minimum atomic E-state index is -0.539. The largest absolute Gasteiger partial charge is 0.355 e. The predicted octanol–water partition coefficient (Wildman–Crippen LogP) is 3.66. The number of halogens is 2. The molecule has 0 atom stereocenters. The lowest BCUT2D eigenvalue weighted by Crippen LogP contribution is -2.39. The summed E-state index contributed by atoms with van der Waals surface area (Å²) in [6, 6.07) is 10.8. The summed E-state index contributed by atoms with van der Waals surface area (Å²) in [4.78, 5) is 22.9. The molecule has 0 aliphatic heterocycles. The van der Waals surface area contributed by atoms with Crippen LogP contribution < -0.4 is 10.3 Å². The summed E-state index contributed by atoms with van der Waals surface area (Å²) < 4.78 is 3.30. The topological polar surface area (TPSA) is 95.0 Å². The molecule has 1 heterocycles. The number of nitrogens with zero attached hydrogens (tertiary/aromatic N) is 3. The first-order valence-corrected chi connectivity index (χ1v) is 8.61. The van der Waals surface area contributed by atoms with Crippen molar-refractivity contribution in [2.75, 3.05) is 5.73 Å². The van der Waals surface area contributed by atoms with Crippen molar-refractivity contribution in [3.05, 3.63) is 74.4 Å². The third-order valence-electron chi connectivity index (χ3n) is 4.19. The zero-order valence-corrected chi connectivity index (χ0v) is 15.7. The summed E-state index contributed by atoms with van der Waals surface area (Å²) >= 11 is 12.0. The second kappa shape index (κ2) is 7.38. The Balaban J connectivity index is 1.92. The van der Waals surface area contributed by atoms with Crippen LogP contribution in [0.25, 0.3) is 11.3 Å². The quantitative estimate of drug-likeness (QED) is 0.303. The van der Waals surface area contributed by atoms with Gasteiger partial charge in [0.25, 0.3) is 5.69 Å². The molecular formula is C18H15Cl2N4O3+. The van der Waals surface area contributed by atoms with Gasteiger partial charge >= 0.3 is 5.95 Å². The zero-order valence-electron chi connectivity index (χ0n) is 14.2. The molecule has 0 saturated heterocycles. The summed E-state index contributed by atoms with van der Waals surface area (Å²) in [5.41, 5.74) is 7.77. The van der Waals surface area contributed by atoms with Crippen LogP contribution in [0.3, 0.4) is 0 Å². The molecule has 7 nitrogen and oxygen atoms in total. The van der Waals surface area contributed by atoms with Crippen molar-refractivity contribution in [2.24, 2.45) is 7.05 Å². The Labute approximate surface area is 164 Å². The lowest BCUT2D eigenvalue weighted by molar-refractivity contribution is -0.667. The smallest absolute Gasteiger partial charge is 0.291 e. The first-order chi connectivity index (χ1) is 12.8. The SMILES string of the molecule is Cn1c(-c2ccc(Cl)c(Cl)c2)c[n+](CC(=O)c2cccc([N+](=O)[O-])c2)c1N. The van der Waals surface area contributed by atoms with Crippen molar-refractivity contribution in [3.8, 4) is 11.3 Å². The number of rotatable bonds is 5. The Morgan fingerprint density at radius 3 is 2.63 bits per heavy atom. The Kier molecular flexibility index (Phi) is 5.16. The number of benzene rings is 2. The highest BCUT2D eigenvalue weighted by atomic mass is 35.5. The number of nitro groups is 1. The van der Waals surface area contributed by atoms with E-state index in [0.29, 0.717) is 16.0 Å². The molecule has 0 fully saturated rings. The van der Waals surface area contributed by atoms with E-state index in [9.17, 15) is 14.9 Å². The number of nitrogens with two attached hydrogens (primary N) is 1. The van der Waals surface area contributed by atoms with E-state index in [2.05, 4.69) is 0 Å². The van der Waals surface area contributed by atoms with Crippen LogP contribution in [-0.4, -0.2) is 15.3 Å². The van der Waals surface area contributed by atoms with Crippen molar-refractivity contribution >= 4 is 40.6 Å². The van der Waals surface area contributed by atoms with Crippen molar-refractivity contribution in [2.45, 2.75) is 6.54 Å². The van der Waals surface area contributed by atoms with Gasteiger partial charge < -0.3 is 0 Å². The summed E-state index contributed by atoms with van der Waals surface area (Å²) in [6.45, 7) is -0.0534. The Bertz CT molecular complexity index is 1060. The summed E-state index contributed by atoms with van der Waals surface area (Å²) in [7, 11) is 1.77. The van der Waals surface area contributed by atoms with E-state index >= 15 is 0 Å². The van der Waals surface area contributed by atoms with Crippen LogP contribution in [0.2, 0.25) is 10.0 Å². The number of Topliss-reactive ketones (excluding diaryl/α,β-unsaturated/α-hetero) is 1. The number of carbonyl (C=O) groups is 1. The molecule has 3 rings (SSSR count). The summed E-state index contributed by atoms with van der Waals surface area (Å²) in [5.74, 6) is 0.0662. The second-order valence-corrected chi connectivity index (χ2v) is 6.73. The van der Waals surface area contributed by atoms with E-state index in [4.69, 9.17) is 28.9 Å². The van der Waals surface area contributed by atoms with Crippen LogP contribution in [0.4, 0.5) is 11.6 Å². The van der Waals surface area contributed by atoms with E-state index in [1.54, 1.807) is 40.6 Å². The van der Waals surface area contributed by atoms with Gasteiger partial charge in [0.1, 0.15) is 18.4 Å². The second-order valence-electron chi connectivity index (χ2n) is 5.92. The number of aromatic nitrogens is 2. The van der Waals surface area contributed by atoms with E-state index in [0.717, 1.165) is 11.3 Å². The third-order valence-corrected chi connectivity index (χ3v) is 4.92. The van der Waals surface area contributed by atoms with Crippen molar-refractivity contribution in [1.29, 1.82) is 0 Å². The fourth-order valence-corrected chi connectivity index (χ4v) is 3.00. The number of non-ortho nitro benzene ring substituents is 1. The molecule has 0 bridgehead atoms. The van der Waals surface area contributed by atoms with Crippen LogP contribution in [0.1, 0.15) is 10.4 Å². The van der Waals surface area contributed by atoms with E-state index in [1.165, 1.54) is 24.3 Å². The van der Waals surface area contributed by atoms with E-state index < -0.39 is 4.92 Å². The lowest BCUT2D eigenvalue weighted by atomic mass is 10.1. The number of nitrogen functional groups attached to an aromatic ring is 1. The minimum Gasteiger partial charge on any atom is -0.291 e. The Hall–Kier alpha value is -2.90. The predicted molar refractivity (Wildman–Crippen MR) is 103 cm³/mol. The molecule has 0 radical (unpaired) electrons. The van der Waals surface area contributed by atoms with E-state index in [1.807, 2.05) is 0 Å². The molecule has 0 unspecified atom stereocenters. The maximum atomic E-state index is 12.6. The van der Waals surface area contributed by atoms with Crippen molar-refractivity contribution in [3.63, 3.8) is 0 Å². The highest BCUT2D eigenvalue weighted by Gasteiger charge is 2.21. The van der Waals surface area contributed by atoms with Gasteiger partial charge in [-0.3, -0.25) is 20.6 Å². The Morgan fingerprint density at radius 2 is 1.96 bits per heavy atom. The van der Waals surface area contributed by atoms with Gasteiger partial charge in [0, 0.05) is 23.3 Å². The van der Waals surface area contributed by atoms with Gasteiger partial charge in [0.15, 0.2) is 5.78 Å². The minimum absolute atomic E-state index is 0.0534. The van der Waals surface area contributed by atoms with Crippen LogP contribution in [0.5, 0.6) is 0 Å². The van der Waals surface area contributed by atoms with Crippen LogP contribution >= 0.6 is 23.2 Å². The molecule has 1 aromatic heterocycles. The van der Waals surface area contributed by atoms with Gasteiger partial charge in [0.05, 0.1) is 22.0 Å². The monoisotopic (exact) mass is 405 g/mol. The van der Waals surface area contributed by atoms with Crippen LogP contribution in [0.15, 0.2) is 48.7 Å². The van der Waals surface area contributed by atoms with Gasteiger partial charge in [-0.05, 0) is 18.2 Å². The molecule has 9 heteroatoms. The van der Waals surface area contributed by atoms with Gasteiger partial charge in [-0.25, -0.2) is 9.13 Å². The summed E-state index contributed by atoms with van der Waals surface area (Å²) in [5, 5.41) is 11.7. The number of hydrogen-bond acceptors (Lipinski definition) is 4. The lowest BCUT2D eigenvalue weighted by Gasteiger charge is -2.01. The number of carbonyl (C=O) groups excluding carboxylic acids is 1. The van der Waals surface area contributed by atoms with Gasteiger partial charge in [-0.1, -0.05) is 35.3 Å². The molecule has 138 valence electrons. The summed E-state index contributed by atoms with van der Waals surface area (Å²) in [6.07, 6.45) is 1.73. The molecule has 0 spiro atoms. The van der Waals surface area contributed by atoms with Crippen molar-refractivity contribution < 1.29 is 14.3 Å². The van der Waals surface area contributed by atoms with E-state index in [-0.39, 0.29) is 23.6 Å². The number of imidazole rings is 1. The van der Waals surface area contributed by atoms with Gasteiger partial charge in [0.2, 0.25) is 0 Å². The third kappa shape index (κ3) is 3.79. The molecule has 0 saturated carbocycles. The molecule has 2 N–H and O–H groups in total. The first-order valence-electron chi connectivity index (χ1n) is 7.85. The van der Waals surface area contributed by atoms with Gasteiger partial charge in [-0.2, -0.15) is 0 Å². The molecule has 0 aliphatic rings. The number of hydrogen-bond donors (Lipinski definition) is 1. The average Bonchev–Trinajstić information content (AvgIpc) is 2.92. The molecule has 0 amide bonds. The highest BCUT2D eigenvalue weighted by molar-refractivity contribution is 6.42. The zero-order chi connectivity index (χ0) is 19.7. The highest BCUT2D eigenvalue weighted by Crippen LogP contribution is 2.28. The van der Waals surface area contributed by atoms with Crippen molar-refractivity contribution in [1.82, 2.24) is 4.57 Å². The molecule has 3 aromatic rings. The number of anilines is 1. The standard InChI is InChI=1S/C18H14Cl2N4O3/c1-22-16(11-5-6-14(19)15(20)8-11)9-23(18(22)21)10-17(25)12-3-2-4-13(7-12)24(26)27/h2-9,21H,10H2,1H3/p+1. The van der Waals surface area contributed by atoms with Crippen LogP contribution in [0, 0.1) is 10.1 Å². The molecule has 2 aromatic carbocycles. The molecular weight excluding hydrogens is 391 g/mol. The fourth-order valence-electron chi connectivity index (χ4n) is 2.71. The maximum absolute atomic E-state index is 12.6. The molecule has 27 heavy (non-hydrogen) atoms. The van der Waals surface area contributed by atoms with Gasteiger partial charge in [-0.15, -0.1) is 0 Å². The molecule has 0 aliphatic carbocycles. The Morgan fingerprint density at radius 1 is 1.22 bits per heavy atom. The normalized spacial score (nSPS) is 10.8. The maximum Gasteiger partial charge on any atom is 0.355 e. The average molecular weight is 406 g/mol. The fraction of sp³-hybridized carbons (Fsp3) is 0.111.